The molecule has 1 fully saturated rings. The zero-order valence-electron chi connectivity index (χ0n) is 22.2. The van der Waals surface area contributed by atoms with E-state index in [1.54, 1.807) is 4.90 Å². The number of amides is 2. The average Bonchev–Trinajstić information content (AvgIpc) is 3.30. The van der Waals surface area contributed by atoms with Crippen molar-refractivity contribution in [3.63, 3.8) is 0 Å². The van der Waals surface area contributed by atoms with Crippen LogP contribution in [0.25, 0.3) is 11.1 Å². The molecule has 192 valence electrons. The molecule has 0 aliphatic carbocycles. The van der Waals surface area contributed by atoms with Crippen LogP contribution in [-0.4, -0.2) is 53.6 Å². The van der Waals surface area contributed by atoms with Crippen LogP contribution < -0.4 is 4.74 Å². The largest absolute Gasteiger partial charge is 0.488 e. The summed E-state index contributed by atoms with van der Waals surface area (Å²) >= 11 is 0. The number of hydrogen-bond donors (Lipinski definition) is 0. The third-order valence-corrected chi connectivity index (χ3v) is 6.07. The summed E-state index contributed by atoms with van der Waals surface area (Å²) in [6, 6.07) is 15.9. The number of likely N-dealkylation sites (tertiary alicyclic amines) is 1. The van der Waals surface area contributed by atoms with Gasteiger partial charge in [0.25, 0.3) is 0 Å². The lowest BCUT2D eigenvalue weighted by atomic mass is 9.87. The van der Waals surface area contributed by atoms with Crippen molar-refractivity contribution in [2.75, 3.05) is 20.1 Å². The first-order chi connectivity index (χ1) is 17.0. The Labute approximate surface area is 214 Å². The highest BCUT2D eigenvalue weighted by Gasteiger charge is 2.33. The second-order valence-corrected chi connectivity index (χ2v) is 10.8. The molecule has 0 aromatic heterocycles. The highest BCUT2D eigenvalue weighted by Crippen LogP contribution is 2.37. The zero-order chi connectivity index (χ0) is 26.5. The second-order valence-electron chi connectivity index (χ2n) is 10.8. The smallest absolute Gasteiger partial charge is 0.410 e. The van der Waals surface area contributed by atoms with Crippen molar-refractivity contribution in [2.24, 2.45) is 5.92 Å². The van der Waals surface area contributed by atoms with Gasteiger partial charge in [0, 0.05) is 25.6 Å². The van der Waals surface area contributed by atoms with E-state index >= 15 is 0 Å². The molecular formula is C29H37N3O4. The normalized spacial score (nSPS) is 16.4. The molecule has 0 radical (unpaired) electrons. The molecule has 36 heavy (non-hydrogen) atoms. The minimum atomic E-state index is -0.562. The van der Waals surface area contributed by atoms with E-state index in [4.69, 9.17) is 9.47 Å². The third kappa shape index (κ3) is 7.00. The second kappa shape index (κ2) is 11.5. The predicted octanol–water partition coefficient (Wildman–Crippen LogP) is 5.81. The van der Waals surface area contributed by atoms with Crippen LogP contribution in [0.15, 0.2) is 48.5 Å². The number of carbonyl (C=O) groups is 2. The molecule has 2 aromatic rings. The van der Waals surface area contributed by atoms with Crippen molar-refractivity contribution in [1.82, 2.24) is 9.80 Å². The maximum absolute atomic E-state index is 13.3. The number of carbonyl (C=O) groups excluding carboxylic acids is 2. The zero-order valence-corrected chi connectivity index (χ0v) is 22.2. The molecule has 7 nitrogen and oxygen atoms in total. The van der Waals surface area contributed by atoms with Gasteiger partial charge in [0.1, 0.15) is 17.5 Å². The lowest BCUT2D eigenvalue weighted by molar-refractivity contribution is -0.129. The highest BCUT2D eigenvalue weighted by molar-refractivity contribution is 5.86. The van der Waals surface area contributed by atoms with Crippen LogP contribution in [0.1, 0.15) is 58.9 Å². The monoisotopic (exact) mass is 491 g/mol. The molecule has 0 saturated carbocycles. The number of likely N-dealkylation sites (N-methyl/N-ethyl adjacent to an activating group) is 1. The summed E-state index contributed by atoms with van der Waals surface area (Å²) in [5.41, 5.74) is 2.20. The van der Waals surface area contributed by atoms with Gasteiger partial charge in [-0.1, -0.05) is 50.2 Å². The van der Waals surface area contributed by atoms with E-state index < -0.39 is 11.5 Å². The summed E-state index contributed by atoms with van der Waals surface area (Å²) in [5.74, 6) is 0.0456. The number of nitriles is 1. The first-order valence-corrected chi connectivity index (χ1v) is 12.5. The minimum Gasteiger partial charge on any atom is -0.488 e. The molecule has 1 aliphatic rings. The Balaban J connectivity index is 1.94. The van der Waals surface area contributed by atoms with Gasteiger partial charge in [-0.25, -0.2) is 4.79 Å². The Kier molecular flexibility index (Phi) is 8.62. The van der Waals surface area contributed by atoms with Gasteiger partial charge in [-0.15, -0.1) is 0 Å². The predicted molar refractivity (Wildman–Crippen MR) is 139 cm³/mol. The van der Waals surface area contributed by atoms with Gasteiger partial charge < -0.3 is 14.4 Å². The van der Waals surface area contributed by atoms with Crippen LogP contribution >= 0.6 is 0 Å². The van der Waals surface area contributed by atoms with Gasteiger partial charge in [-0.2, -0.15) is 5.26 Å². The molecule has 3 rings (SSSR count). The van der Waals surface area contributed by atoms with Crippen molar-refractivity contribution < 1.29 is 19.1 Å². The highest BCUT2D eigenvalue weighted by atomic mass is 16.6. The molecule has 0 bridgehead atoms. The Bertz CT molecular complexity index is 1100. The number of ether oxygens (including phenoxy) is 2. The Morgan fingerprint density at radius 1 is 1.14 bits per heavy atom. The summed E-state index contributed by atoms with van der Waals surface area (Å²) in [6.07, 6.45) is 2.62. The molecule has 7 heteroatoms. The lowest BCUT2D eigenvalue weighted by Gasteiger charge is -2.26. The molecule has 2 amide bonds. The van der Waals surface area contributed by atoms with Crippen LogP contribution in [0, 0.1) is 17.4 Å². The van der Waals surface area contributed by atoms with Crippen LogP contribution in [0.2, 0.25) is 0 Å². The molecule has 2 aromatic carbocycles. The summed E-state index contributed by atoms with van der Waals surface area (Å²) in [5, 5.41) is 9.40. The molecule has 1 saturated heterocycles. The maximum atomic E-state index is 13.3. The Morgan fingerprint density at radius 3 is 2.44 bits per heavy atom. The standard InChI is InChI=1S/C29H37N3O4/c1-20(2)16-25(27(33)31(6)19-30)24-17-22(21-10-8-7-9-11-21)12-13-26(24)35-23-14-15-32(18-23)28(34)36-29(3,4)5/h7-13,17,20,23,25H,14-16,18H2,1-6H3. The van der Waals surface area contributed by atoms with Crippen molar-refractivity contribution in [2.45, 2.75) is 65.1 Å². The third-order valence-electron chi connectivity index (χ3n) is 6.07. The molecule has 0 spiro atoms. The molecule has 1 aliphatic heterocycles. The fourth-order valence-corrected chi connectivity index (χ4v) is 4.35. The van der Waals surface area contributed by atoms with E-state index in [9.17, 15) is 14.9 Å². The Morgan fingerprint density at radius 2 is 1.83 bits per heavy atom. The van der Waals surface area contributed by atoms with Gasteiger partial charge in [0.2, 0.25) is 5.91 Å². The van der Waals surface area contributed by atoms with Crippen LogP contribution in [-0.2, 0) is 9.53 Å². The van der Waals surface area contributed by atoms with E-state index in [0.717, 1.165) is 21.6 Å². The van der Waals surface area contributed by atoms with E-state index in [1.165, 1.54) is 7.05 Å². The molecule has 1 heterocycles. The lowest BCUT2D eigenvalue weighted by Crippen LogP contribution is -2.36. The van der Waals surface area contributed by atoms with E-state index in [0.29, 0.717) is 31.7 Å². The summed E-state index contributed by atoms with van der Waals surface area (Å²) in [7, 11) is 1.49. The maximum Gasteiger partial charge on any atom is 0.410 e. The first kappa shape index (κ1) is 27.1. The quantitative estimate of drug-likeness (QED) is 0.360. The number of benzene rings is 2. The summed E-state index contributed by atoms with van der Waals surface area (Å²) in [6.45, 7) is 10.6. The summed E-state index contributed by atoms with van der Waals surface area (Å²) < 4.78 is 11.9. The number of hydrogen-bond acceptors (Lipinski definition) is 5. The van der Waals surface area contributed by atoms with E-state index in [-0.39, 0.29) is 24.0 Å². The molecule has 2 unspecified atom stereocenters. The fraction of sp³-hybridized carbons (Fsp3) is 0.483. The fourth-order valence-electron chi connectivity index (χ4n) is 4.35. The number of nitrogens with zero attached hydrogens (tertiary/aromatic N) is 3. The molecule has 2 atom stereocenters. The minimum absolute atomic E-state index is 0.220. The first-order valence-electron chi connectivity index (χ1n) is 12.5. The molecular weight excluding hydrogens is 454 g/mol. The Hall–Kier alpha value is -3.53. The van der Waals surface area contributed by atoms with Crippen LogP contribution in [0.4, 0.5) is 4.79 Å². The van der Waals surface area contributed by atoms with Crippen molar-refractivity contribution in [1.29, 1.82) is 5.26 Å². The topological polar surface area (TPSA) is 82.9 Å². The van der Waals surface area contributed by atoms with Gasteiger partial charge in [-0.05, 0) is 56.4 Å². The van der Waals surface area contributed by atoms with Gasteiger partial charge in [-0.3, -0.25) is 9.69 Å². The number of rotatable bonds is 7. The SMILES string of the molecule is CC(C)CC(C(=O)N(C)C#N)c1cc(-c2ccccc2)ccc1OC1CCN(C(=O)OC(C)(C)C)C1. The average molecular weight is 492 g/mol. The van der Waals surface area contributed by atoms with Gasteiger partial charge in [0.15, 0.2) is 6.19 Å². The van der Waals surface area contributed by atoms with E-state index in [1.807, 2.05) is 75.5 Å². The summed E-state index contributed by atoms with van der Waals surface area (Å²) in [4.78, 5) is 28.6. The van der Waals surface area contributed by atoms with Crippen LogP contribution in [0.5, 0.6) is 5.75 Å². The van der Waals surface area contributed by atoms with Crippen molar-refractivity contribution >= 4 is 12.0 Å². The van der Waals surface area contributed by atoms with Crippen LogP contribution in [0.3, 0.4) is 0 Å². The van der Waals surface area contributed by atoms with Gasteiger partial charge in [0.05, 0.1) is 12.5 Å². The van der Waals surface area contributed by atoms with Gasteiger partial charge >= 0.3 is 6.09 Å². The van der Waals surface area contributed by atoms with E-state index in [2.05, 4.69) is 13.8 Å². The van der Waals surface area contributed by atoms with Crippen molar-refractivity contribution in [3.05, 3.63) is 54.1 Å². The molecule has 0 N–H and O–H groups in total. The van der Waals surface area contributed by atoms with Crippen molar-refractivity contribution in [3.8, 4) is 23.1 Å².